The summed E-state index contributed by atoms with van der Waals surface area (Å²) in [4.78, 5) is 0. The van der Waals surface area contributed by atoms with E-state index in [1.54, 1.807) is 24.3 Å². The maximum Gasteiger partial charge on any atom is 0.186 e. The smallest absolute Gasteiger partial charge is 0.186 e. The number of hydrogen-bond acceptors (Lipinski definition) is 11. The van der Waals surface area contributed by atoms with Crippen LogP contribution in [0.5, 0.6) is 23.0 Å². The molecule has 1 fully saturated rings. The predicted molar refractivity (Wildman–Crippen MR) is 129 cm³/mol. The molecule has 0 unspecified atom stereocenters. The number of aromatic hydroxyl groups is 2. The molecule has 2 aromatic carbocycles. The normalized spacial score (nSPS) is 31.5. The molecule has 1 saturated heterocycles. The van der Waals surface area contributed by atoms with Crippen molar-refractivity contribution in [2.24, 2.45) is 11.8 Å². The Kier molecular flexibility index (Phi) is 8.44. The van der Waals surface area contributed by atoms with Gasteiger partial charge in [0, 0.05) is 12.5 Å². The Labute approximate surface area is 214 Å². The molecule has 11 nitrogen and oxygen atoms in total. The molecule has 1 aliphatic carbocycles. The van der Waals surface area contributed by atoms with E-state index in [0.717, 1.165) is 16.7 Å². The van der Waals surface area contributed by atoms with Crippen LogP contribution in [0.15, 0.2) is 30.3 Å². The Morgan fingerprint density at radius 1 is 0.865 bits per heavy atom. The molecule has 2 aromatic rings. The van der Waals surface area contributed by atoms with Gasteiger partial charge in [-0.3, -0.25) is 0 Å². The van der Waals surface area contributed by atoms with E-state index in [1.807, 2.05) is 0 Å². The second-order valence-electron chi connectivity index (χ2n) is 9.47. The number of phenolic OH excluding ortho intramolecular Hbond substituents is 2. The lowest BCUT2D eigenvalue weighted by Crippen LogP contribution is -2.59. The van der Waals surface area contributed by atoms with Crippen molar-refractivity contribution in [3.63, 3.8) is 0 Å². The lowest BCUT2D eigenvalue weighted by Gasteiger charge is -2.43. The molecule has 4 rings (SSSR count). The van der Waals surface area contributed by atoms with Crippen molar-refractivity contribution in [3.8, 4) is 23.0 Å². The highest BCUT2D eigenvalue weighted by molar-refractivity contribution is 5.53. The highest BCUT2D eigenvalue weighted by Gasteiger charge is 2.45. The van der Waals surface area contributed by atoms with Crippen molar-refractivity contribution in [2.45, 2.75) is 43.0 Å². The zero-order valence-corrected chi connectivity index (χ0v) is 20.6. The minimum atomic E-state index is -1.59. The highest BCUT2D eigenvalue weighted by atomic mass is 16.7. The molecule has 37 heavy (non-hydrogen) atoms. The number of methoxy groups -OCH3 is 2. The number of hydrogen-bond donors (Lipinski definition) is 7. The first-order chi connectivity index (χ1) is 17.7. The van der Waals surface area contributed by atoms with Crippen LogP contribution in [0.3, 0.4) is 0 Å². The van der Waals surface area contributed by atoms with Gasteiger partial charge in [-0.05, 0) is 59.2 Å². The first-order valence-electron chi connectivity index (χ1n) is 12.0. The van der Waals surface area contributed by atoms with Crippen LogP contribution in [0, 0.1) is 11.8 Å². The molecule has 0 radical (unpaired) electrons. The average molecular weight is 523 g/mol. The number of ether oxygens (including phenoxy) is 4. The van der Waals surface area contributed by atoms with Crippen LogP contribution in [-0.2, 0) is 15.9 Å². The monoisotopic (exact) mass is 522 g/mol. The van der Waals surface area contributed by atoms with Crippen LogP contribution < -0.4 is 9.47 Å². The second-order valence-corrected chi connectivity index (χ2v) is 9.47. The molecule has 0 aromatic heterocycles. The average Bonchev–Trinajstić information content (AvgIpc) is 2.90. The molecule has 8 atom stereocenters. The van der Waals surface area contributed by atoms with Gasteiger partial charge in [0.2, 0.25) is 0 Å². The van der Waals surface area contributed by atoms with E-state index in [-0.39, 0.29) is 36.4 Å². The molecule has 7 N–H and O–H groups in total. The van der Waals surface area contributed by atoms with Crippen LogP contribution in [0.2, 0.25) is 0 Å². The SMILES string of the molecule is COc1cc([C@@H]2c3cc(O)c(OC)cc3C[C@@H](CO)[C@@H]2CO[C@@H]2O[C@H](CO)[C@@H](O)[C@H](O)[C@H]2O)ccc1O. The minimum absolute atomic E-state index is 0.0476. The van der Waals surface area contributed by atoms with Gasteiger partial charge < -0.3 is 54.7 Å². The summed E-state index contributed by atoms with van der Waals surface area (Å²) in [5, 5.41) is 71.2. The Hall–Kier alpha value is -2.64. The Morgan fingerprint density at radius 2 is 1.57 bits per heavy atom. The van der Waals surface area contributed by atoms with E-state index >= 15 is 0 Å². The highest BCUT2D eigenvalue weighted by Crippen LogP contribution is 2.48. The summed E-state index contributed by atoms with van der Waals surface area (Å²) >= 11 is 0. The molecule has 0 saturated carbocycles. The topological polar surface area (TPSA) is 179 Å². The van der Waals surface area contributed by atoms with Crippen molar-refractivity contribution in [2.75, 3.05) is 34.0 Å². The lowest BCUT2D eigenvalue weighted by molar-refractivity contribution is -0.304. The van der Waals surface area contributed by atoms with E-state index < -0.39 is 49.1 Å². The summed E-state index contributed by atoms with van der Waals surface area (Å²) in [7, 11) is 2.88. The maximum absolute atomic E-state index is 10.6. The third kappa shape index (κ3) is 5.21. The van der Waals surface area contributed by atoms with E-state index in [9.17, 15) is 35.7 Å². The standard InChI is InChI=1S/C26H34O11/c1-34-19-6-12(3-4-17(19)29)22-15-8-18(30)20(35-2)7-13(15)5-14(9-27)16(22)11-36-26-25(33)24(32)23(31)21(10-28)37-26/h3-4,6-8,14,16,21-33H,5,9-11H2,1-2H3/t14-,16-,21+,22+,23+,24-,25+,26+/m0/s1. The van der Waals surface area contributed by atoms with Crippen LogP contribution >= 0.6 is 0 Å². The van der Waals surface area contributed by atoms with Crippen LogP contribution in [-0.4, -0.2) is 100 Å². The summed E-state index contributed by atoms with van der Waals surface area (Å²) in [6.45, 7) is -0.830. The number of phenols is 2. The van der Waals surface area contributed by atoms with Gasteiger partial charge in [0.25, 0.3) is 0 Å². The first-order valence-corrected chi connectivity index (χ1v) is 12.0. The largest absolute Gasteiger partial charge is 0.504 e. The predicted octanol–water partition coefficient (Wildman–Crippen LogP) is -0.156. The van der Waals surface area contributed by atoms with Crippen molar-refractivity contribution >= 4 is 0 Å². The zero-order valence-electron chi connectivity index (χ0n) is 20.6. The molecule has 0 amide bonds. The van der Waals surface area contributed by atoms with E-state index in [1.165, 1.54) is 20.3 Å². The van der Waals surface area contributed by atoms with Crippen molar-refractivity contribution in [3.05, 3.63) is 47.0 Å². The number of benzene rings is 2. The quantitative estimate of drug-likeness (QED) is 0.245. The van der Waals surface area contributed by atoms with Gasteiger partial charge in [-0.25, -0.2) is 0 Å². The fourth-order valence-electron chi connectivity index (χ4n) is 5.35. The fourth-order valence-corrected chi connectivity index (χ4v) is 5.35. The van der Waals surface area contributed by atoms with Crippen molar-refractivity contribution < 1.29 is 54.7 Å². The molecule has 11 heteroatoms. The van der Waals surface area contributed by atoms with Gasteiger partial charge in [0.05, 0.1) is 27.4 Å². The van der Waals surface area contributed by atoms with Crippen LogP contribution in [0.25, 0.3) is 0 Å². The number of aliphatic hydroxyl groups is 5. The molecular formula is C26H34O11. The van der Waals surface area contributed by atoms with Gasteiger partial charge in [0.15, 0.2) is 29.3 Å². The van der Waals surface area contributed by atoms with E-state index in [2.05, 4.69) is 0 Å². The van der Waals surface area contributed by atoms with Gasteiger partial charge in [-0.1, -0.05) is 6.07 Å². The molecule has 0 spiro atoms. The van der Waals surface area contributed by atoms with Crippen molar-refractivity contribution in [1.82, 2.24) is 0 Å². The maximum atomic E-state index is 10.6. The minimum Gasteiger partial charge on any atom is -0.504 e. The Balaban J connectivity index is 1.72. The second kappa shape index (κ2) is 11.4. The number of aliphatic hydroxyl groups excluding tert-OH is 5. The van der Waals surface area contributed by atoms with Crippen LogP contribution in [0.4, 0.5) is 0 Å². The van der Waals surface area contributed by atoms with Crippen LogP contribution in [0.1, 0.15) is 22.6 Å². The van der Waals surface area contributed by atoms with Gasteiger partial charge in [-0.2, -0.15) is 0 Å². The Morgan fingerprint density at radius 3 is 2.22 bits per heavy atom. The number of rotatable bonds is 8. The molecule has 0 bridgehead atoms. The molecule has 1 heterocycles. The molecule has 204 valence electrons. The van der Waals surface area contributed by atoms with Crippen molar-refractivity contribution in [1.29, 1.82) is 0 Å². The lowest BCUT2D eigenvalue weighted by atomic mass is 9.67. The summed E-state index contributed by atoms with van der Waals surface area (Å²) < 4.78 is 22.0. The third-order valence-electron chi connectivity index (χ3n) is 7.39. The fraction of sp³-hybridized carbons (Fsp3) is 0.538. The van der Waals surface area contributed by atoms with Gasteiger partial charge in [-0.15, -0.1) is 0 Å². The Bertz CT molecular complexity index is 1070. The third-order valence-corrected chi connectivity index (χ3v) is 7.39. The molecule has 2 aliphatic rings. The first kappa shape index (κ1) is 27.4. The summed E-state index contributed by atoms with van der Waals surface area (Å²) in [5.41, 5.74) is 2.34. The summed E-state index contributed by atoms with van der Waals surface area (Å²) in [6, 6.07) is 8.22. The van der Waals surface area contributed by atoms with Gasteiger partial charge in [0.1, 0.15) is 24.4 Å². The summed E-state index contributed by atoms with van der Waals surface area (Å²) in [5.74, 6) is -0.744. The number of fused-ring (bicyclic) bond motifs is 1. The molecular weight excluding hydrogens is 488 g/mol. The summed E-state index contributed by atoms with van der Waals surface area (Å²) in [6.07, 6.45) is -6.68. The zero-order chi connectivity index (χ0) is 26.9. The molecule has 1 aliphatic heterocycles. The van der Waals surface area contributed by atoms with E-state index in [0.29, 0.717) is 12.2 Å². The van der Waals surface area contributed by atoms with E-state index in [4.69, 9.17) is 18.9 Å². The van der Waals surface area contributed by atoms with Gasteiger partial charge >= 0.3 is 0 Å².